The van der Waals surface area contributed by atoms with Crippen LogP contribution < -0.4 is 0 Å². The average Bonchev–Trinajstić information content (AvgIpc) is 3.37. The quantitative estimate of drug-likeness (QED) is 0.597. The van der Waals surface area contributed by atoms with E-state index in [0.29, 0.717) is 13.2 Å². The van der Waals surface area contributed by atoms with Crippen molar-refractivity contribution in [1.29, 1.82) is 0 Å². The van der Waals surface area contributed by atoms with Crippen molar-refractivity contribution in [2.75, 3.05) is 13.2 Å². The number of ether oxygens (including phenoxy) is 2. The summed E-state index contributed by atoms with van der Waals surface area (Å²) in [6.07, 6.45) is 0. The Bertz CT molecular complexity index is 1000. The molecule has 0 saturated carbocycles. The molecule has 3 aromatic carbocycles. The number of fused-ring (bicyclic) bond motifs is 1. The number of nitrogens with zero attached hydrogens (tertiary/aromatic N) is 1. The van der Waals surface area contributed by atoms with Crippen LogP contribution in [0.15, 0.2) is 78.9 Å². The van der Waals surface area contributed by atoms with E-state index in [0.717, 1.165) is 33.5 Å². The van der Waals surface area contributed by atoms with Gasteiger partial charge in [-0.3, -0.25) is 0 Å². The van der Waals surface area contributed by atoms with E-state index in [2.05, 4.69) is 34.2 Å². The zero-order valence-electron chi connectivity index (χ0n) is 14.2. The first-order valence-electron chi connectivity index (χ1n) is 8.74. The van der Waals surface area contributed by atoms with Crippen molar-refractivity contribution >= 4 is 11.0 Å². The van der Waals surface area contributed by atoms with E-state index in [4.69, 9.17) is 9.47 Å². The van der Waals surface area contributed by atoms with Crippen molar-refractivity contribution in [3.63, 3.8) is 0 Å². The van der Waals surface area contributed by atoms with Gasteiger partial charge in [-0.1, -0.05) is 66.7 Å². The molecule has 0 unspecified atom stereocenters. The summed E-state index contributed by atoms with van der Waals surface area (Å²) in [5, 5.41) is 0. The van der Waals surface area contributed by atoms with Crippen LogP contribution in [0.4, 0.5) is 0 Å². The number of aromatic amines is 1. The molecule has 2 heterocycles. The predicted molar refractivity (Wildman–Crippen MR) is 101 cm³/mol. The molecule has 1 saturated heterocycles. The molecule has 1 N–H and O–H groups in total. The van der Waals surface area contributed by atoms with Gasteiger partial charge in [-0.05, 0) is 12.1 Å². The molecule has 0 atom stereocenters. The van der Waals surface area contributed by atoms with E-state index in [-0.39, 0.29) is 0 Å². The van der Waals surface area contributed by atoms with E-state index >= 15 is 0 Å². The van der Waals surface area contributed by atoms with Crippen LogP contribution in [0.1, 0.15) is 11.1 Å². The van der Waals surface area contributed by atoms with Gasteiger partial charge in [0.05, 0.1) is 24.2 Å². The smallest absolute Gasteiger partial charge is 0.222 e. The number of nitrogens with one attached hydrogen (secondary N) is 1. The number of H-pyrrole nitrogens is 1. The Hall–Kier alpha value is -2.95. The van der Waals surface area contributed by atoms with Crippen LogP contribution in [0.2, 0.25) is 0 Å². The van der Waals surface area contributed by atoms with Gasteiger partial charge >= 0.3 is 0 Å². The Labute approximate surface area is 151 Å². The van der Waals surface area contributed by atoms with Crippen LogP contribution in [-0.4, -0.2) is 23.2 Å². The number of aromatic nitrogens is 2. The summed E-state index contributed by atoms with van der Waals surface area (Å²) < 4.78 is 12.1. The highest BCUT2D eigenvalue weighted by atomic mass is 16.7. The number of rotatable bonds is 3. The zero-order valence-corrected chi connectivity index (χ0v) is 14.2. The Balaban J connectivity index is 1.54. The summed E-state index contributed by atoms with van der Waals surface area (Å²) in [7, 11) is 0. The SMILES string of the molecule is c1ccc(C2(c3ccc(-c4nc5ccccc5[nH]4)cc3)OCCO2)cc1. The molecule has 26 heavy (non-hydrogen) atoms. The Morgan fingerprint density at radius 3 is 2.12 bits per heavy atom. The fraction of sp³-hybridized carbons (Fsp3) is 0.136. The number of imidazole rings is 1. The van der Waals surface area contributed by atoms with Crippen molar-refractivity contribution in [2.24, 2.45) is 0 Å². The zero-order chi connectivity index (χ0) is 17.4. The summed E-state index contributed by atoms with van der Waals surface area (Å²) in [4.78, 5) is 8.04. The summed E-state index contributed by atoms with van der Waals surface area (Å²) in [6.45, 7) is 1.17. The lowest BCUT2D eigenvalue weighted by Crippen LogP contribution is -2.28. The molecular weight excluding hydrogens is 324 g/mol. The minimum absolute atomic E-state index is 0.584. The van der Waals surface area contributed by atoms with Crippen LogP contribution in [0, 0.1) is 0 Å². The monoisotopic (exact) mass is 342 g/mol. The van der Waals surface area contributed by atoms with Crippen LogP contribution in [0.5, 0.6) is 0 Å². The van der Waals surface area contributed by atoms with Gasteiger partial charge in [0, 0.05) is 16.7 Å². The predicted octanol–water partition coefficient (Wildman–Crippen LogP) is 4.48. The first-order valence-corrected chi connectivity index (χ1v) is 8.74. The van der Waals surface area contributed by atoms with E-state index in [1.807, 2.05) is 54.6 Å². The second kappa shape index (κ2) is 6.09. The molecule has 0 spiro atoms. The standard InChI is InChI=1S/C22H18N2O2/c1-2-6-17(7-3-1)22(25-14-15-26-22)18-12-10-16(11-13-18)21-23-19-8-4-5-9-20(19)24-21/h1-13H,14-15H2,(H,23,24). The molecule has 128 valence electrons. The topological polar surface area (TPSA) is 47.1 Å². The Morgan fingerprint density at radius 1 is 0.731 bits per heavy atom. The van der Waals surface area contributed by atoms with Crippen LogP contribution >= 0.6 is 0 Å². The van der Waals surface area contributed by atoms with Crippen molar-refractivity contribution in [2.45, 2.75) is 5.79 Å². The van der Waals surface area contributed by atoms with E-state index in [9.17, 15) is 0 Å². The van der Waals surface area contributed by atoms with Gasteiger partial charge in [0.25, 0.3) is 0 Å². The normalized spacial score (nSPS) is 16.2. The average molecular weight is 342 g/mol. The van der Waals surface area contributed by atoms with E-state index in [1.165, 1.54) is 0 Å². The Morgan fingerprint density at radius 2 is 1.38 bits per heavy atom. The fourth-order valence-electron chi connectivity index (χ4n) is 3.51. The lowest BCUT2D eigenvalue weighted by atomic mass is 9.96. The second-order valence-corrected chi connectivity index (χ2v) is 6.36. The summed E-state index contributed by atoms with van der Waals surface area (Å²) in [6, 6.07) is 26.4. The van der Waals surface area contributed by atoms with Crippen molar-refractivity contribution in [1.82, 2.24) is 9.97 Å². The van der Waals surface area contributed by atoms with Crippen molar-refractivity contribution < 1.29 is 9.47 Å². The van der Waals surface area contributed by atoms with Gasteiger partial charge in [-0.25, -0.2) is 4.98 Å². The van der Waals surface area contributed by atoms with Crippen LogP contribution in [-0.2, 0) is 15.3 Å². The lowest BCUT2D eigenvalue weighted by molar-refractivity contribution is -0.129. The number of para-hydroxylation sites is 2. The Kier molecular flexibility index (Phi) is 3.59. The highest BCUT2D eigenvalue weighted by Gasteiger charge is 2.40. The molecule has 5 rings (SSSR count). The van der Waals surface area contributed by atoms with Crippen LogP contribution in [0.3, 0.4) is 0 Å². The van der Waals surface area contributed by atoms with Gasteiger partial charge in [0.15, 0.2) is 0 Å². The molecule has 0 radical (unpaired) electrons. The lowest BCUT2D eigenvalue weighted by Gasteiger charge is -2.28. The maximum absolute atomic E-state index is 6.06. The number of hydrogen-bond donors (Lipinski definition) is 1. The van der Waals surface area contributed by atoms with Crippen molar-refractivity contribution in [3.05, 3.63) is 90.0 Å². The van der Waals surface area contributed by atoms with Gasteiger partial charge in [-0.2, -0.15) is 0 Å². The van der Waals surface area contributed by atoms with Gasteiger partial charge in [0.1, 0.15) is 5.82 Å². The molecular formula is C22H18N2O2. The highest BCUT2D eigenvalue weighted by Crippen LogP contribution is 2.38. The molecule has 1 aliphatic rings. The maximum Gasteiger partial charge on any atom is 0.222 e. The molecule has 1 fully saturated rings. The molecule has 4 aromatic rings. The third-order valence-electron chi connectivity index (χ3n) is 4.78. The number of benzene rings is 3. The highest BCUT2D eigenvalue weighted by molar-refractivity contribution is 5.79. The minimum Gasteiger partial charge on any atom is -0.340 e. The molecule has 4 heteroatoms. The first-order chi connectivity index (χ1) is 12.9. The van der Waals surface area contributed by atoms with Gasteiger partial charge in [0.2, 0.25) is 5.79 Å². The maximum atomic E-state index is 6.06. The third kappa shape index (κ3) is 2.43. The summed E-state index contributed by atoms with van der Waals surface area (Å²) in [5.41, 5.74) is 5.03. The number of hydrogen-bond acceptors (Lipinski definition) is 3. The molecule has 0 amide bonds. The summed E-state index contributed by atoms with van der Waals surface area (Å²) >= 11 is 0. The largest absolute Gasteiger partial charge is 0.340 e. The van der Waals surface area contributed by atoms with Gasteiger partial charge < -0.3 is 14.5 Å². The fourth-order valence-corrected chi connectivity index (χ4v) is 3.51. The minimum atomic E-state index is -0.826. The molecule has 0 bridgehead atoms. The molecule has 1 aromatic heterocycles. The summed E-state index contributed by atoms with van der Waals surface area (Å²) in [5.74, 6) is 0.0352. The van der Waals surface area contributed by atoms with E-state index < -0.39 is 5.79 Å². The second-order valence-electron chi connectivity index (χ2n) is 6.36. The van der Waals surface area contributed by atoms with E-state index in [1.54, 1.807) is 0 Å². The van der Waals surface area contributed by atoms with Gasteiger partial charge in [-0.15, -0.1) is 0 Å². The van der Waals surface area contributed by atoms with Crippen LogP contribution in [0.25, 0.3) is 22.4 Å². The first kappa shape index (κ1) is 15.3. The third-order valence-corrected chi connectivity index (χ3v) is 4.78. The molecule has 1 aliphatic heterocycles. The molecule has 4 nitrogen and oxygen atoms in total. The van der Waals surface area contributed by atoms with Crippen molar-refractivity contribution in [3.8, 4) is 11.4 Å². The molecule has 0 aliphatic carbocycles.